The second kappa shape index (κ2) is 2.80. The predicted octanol–water partition coefficient (Wildman–Crippen LogP) is 0.650. The van der Waals surface area contributed by atoms with E-state index in [9.17, 15) is 4.79 Å². The first-order valence-electron chi connectivity index (χ1n) is 2.45. The number of rotatable bonds is 2. The van der Waals surface area contributed by atoms with E-state index in [4.69, 9.17) is 0 Å². The molecule has 10 heavy (non-hydrogen) atoms. The van der Waals surface area contributed by atoms with Crippen LogP contribution < -0.4 is 4.74 Å². The first-order valence-corrected chi connectivity index (χ1v) is 2.45. The lowest BCUT2D eigenvalue weighted by Crippen LogP contribution is -1.77. The molecule has 0 spiro atoms. The van der Waals surface area contributed by atoms with Gasteiger partial charge in [0.2, 0.25) is 6.08 Å². The predicted molar refractivity (Wildman–Crippen MR) is 30.8 cm³/mol. The molecule has 0 aliphatic heterocycles. The van der Waals surface area contributed by atoms with Gasteiger partial charge >= 0.3 is 5.95 Å². The molecule has 1 aromatic rings. The standard InChI is InChI=1S/C5H4N2O3/c1-9-5-4(6-3-8)2-7-10-5/h2H,1H3. The van der Waals surface area contributed by atoms with Crippen molar-refractivity contribution in [1.29, 1.82) is 0 Å². The maximum atomic E-state index is 9.72. The average Bonchev–Trinajstić information content (AvgIpc) is 2.36. The summed E-state index contributed by atoms with van der Waals surface area (Å²) >= 11 is 0. The number of hydrogen-bond donors (Lipinski definition) is 0. The Bertz CT molecular complexity index is 262. The van der Waals surface area contributed by atoms with Gasteiger partial charge in [-0.15, -0.1) is 0 Å². The van der Waals surface area contributed by atoms with E-state index in [-0.39, 0.29) is 11.6 Å². The van der Waals surface area contributed by atoms with Crippen molar-refractivity contribution in [2.24, 2.45) is 4.99 Å². The molecule has 1 aromatic heterocycles. The van der Waals surface area contributed by atoms with Gasteiger partial charge in [-0.2, -0.15) is 4.99 Å². The maximum Gasteiger partial charge on any atom is 0.338 e. The van der Waals surface area contributed by atoms with E-state index >= 15 is 0 Å². The van der Waals surface area contributed by atoms with Gasteiger partial charge in [-0.05, 0) is 0 Å². The van der Waals surface area contributed by atoms with Crippen LogP contribution in [0.4, 0.5) is 5.69 Å². The fourth-order valence-electron chi connectivity index (χ4n) is 0.489. The molecule has 5 nitrogen and oxygen atoms in total. The lowest BCUT2D eigenvalue weighted by Gasteiger charge is -1.88. The van der Waals surface area contributed by atoms with Crippen LogP contribution in [0.1, 0.15) is 0 Å². The molecule has 0 saturated carbocycles. The minimum atomic E-state index is 0.114. The number of isocyanates is 1. The van der Waals surface area contributed by atoms with Crippen molar-refractivity contribution >= 4 is 11.8 Å². The molecule has 0 N–H and O–H groups in total. The zero-order chi connectivity index (χ0) is 7.40. The maximum absolute atomic E-state index is 9.72. The van der Waals surface area contributed by atoms with Crippen molar-refractivity contribution in [2.75, 3.05) is 7.11 Å². The topological polar surface area (TPSA) is 64.7 Å². The van der Waals surface area contributed by atoms with E-state index in [1.807, 2.05) is 0 Å². The van der Waals surface area contributed by atoms with Crippen LogP contribution in [0, 0.1) is 0 Å². The van der Waals surface area contributed by atoms with Crippen LogP contribution in [0.2, 0.25) is 0 Å². The zero-order valence-corrected chi connectivity index (χ0v) is 5.20. The molecular formula is C5H4N2O3. The summed E-state index contributed by atoms with van der Waals surface area (Å²) in [6.45, 7) is 0. The van der Waals surface area contributed by atoms with Crippen LogP contribution >= 0.6 is 0 Å². The highest BCUT2D eigenvalue weighted by atomic mass is 16.6. The first-order chi connectivity index (χ1) is 4.88. The van der Waals surface area contributed by atoms with Crippen molar-refractivity contribution in [3.05, 3.63) is 6.20 Å². The molecule has 1 rings (SSSR count). The number of aliphatic imine (C=N–C) groups is 1. The summed E-state index contributed by atoms with van der Waals surface area (Å²) in [7, 11) is 1.39. The monoisotopic (exact) mass is 140 g/mol. The lowest BCUT2D eigenvalue weighted by molar-refractivity contribution is 0.262. The van der Waals surface area contributed by atoms with E-state index in [0.717, 1.165) is 0 Å². The van der Waals surface area contributed by atoms with Crippen molar-refractivity contribution in [1.82, 2.24) is 5.16 Å². The molecule has 0 aromatic carbocycles. The normalized spacial score (nSPS) is 8.50. The first kappa shape index (κ1) is 6.51. The highest BCUT2D eigenvalue weighted by Crippen LogP contribution is 2.24. The molecule has 0 aliphatic carbocycles. The molecule has 0 bridgehead atoms. The fraction of sp³-hybridized carbons (Fsp3) is 0.200. The zero-order valence-electron chi connectivity index (χ0n) is 5.20. The largest absolute Gasteiger partial charge is 0.466 e. The number of hydrogen-bond acceptors (Lipinski definition) is 5. The van der Waals surface area contributed by atoms with E-state index in [2.05, 4.69) is 19.4 Å². The summed E-state index contributed by atoms with van der Waals surface area (Å²) in [4.78, 5) is 13.0. The van der Waals surface area contributed by atoms with Crippen molar-refractivity contribution < 1.29 is 14.1 Å². The highest BCUT2D eigenvalue weighted by molar-refractivity contribution is 5.51. The second-order valence-electron chi connectivity index (χ2n) is 1.41. The third kappa shape index (κ3) is 1.04. The van der Waals surface area contributed by atoms with Crippen LogP contribution in [-0.2, 0) is 4.79 Å². The van der Waals surface area contributed by atoms with Gasteiger partial charge in [0.15, 0.2) is 5.69 Å². The Morgan fingerprint density at radius 2 is 2.70 bits per heavy atom. The quantitative estimate of drug-likeness (QED) is 0.446. The van der Waals surface area contributed by atoms with Crippen molar-refractivity contribution in [3.63, 3.8) is 0 Å². The van der Waals surface area contributed by atoms with Gasteiger partial charge < -0.3 is 9.26 Å². The Labute approximate surface area is 56.3 Å². The van der Waals surface area contributed by atoms with Gasteiger partial charge in [0, 0.05) is 0 Å². The van der Waals surface area contributed by atoms with E-state index in [0.29, 0.717) is 0 Å². The van der Waals surface area contributed by atoms with Crippen LogP contribution in [0.5, 0.6) is 5.95 Å². The van der Waals surface area contributed by atoms with Gasteiger partial charge in [0.1, 0.15) is 6.20 Å². The molecular weight excluding hydrogens is 136 g/mol. The summed E-state index contributed by atoms with van der Waals surface area (Å²) in [5.41, 5.74) is 0.248. The number of aromatic nitrogens is 1. The summed E-state index contributed by atoms with van der Waals surface area (Å²) in [6, 6.07) is 0. The second-order valence-corrected chi connectivity index (χ2v) is 1.41. The number of carbonyl (C=O) groups excluding carboxylic acids is 1. The highest BCUT2D eigenvalue weighted by Gasteiger charge is 2.04. The van der Waals surface area contributed by atoms with Gasteiger partial charge in [-0.3, -0.25) is 0 Å². The summed E-state index contributed by atoms with van der Waals surface area (Å²) in [6.07, 6.45) is 2.61. The Morgan fingerprint density at radius 1 is 1.90 bits per heavy atom. The molecule has 5 heteroatoms. The number of nitrogens with zero attached hydrogens (tertiary/aromatic N) is 2. The minimum Gasteiger partial charge on any atom is -0.466 e. The molecule has 0 atom stereocenters. The molecule has 0 saturated heterocycles. The number of methoxy groups -OCH3 is 1. The van der Waals surface area contributed by atoms with Crippen molar-refractivity contribution in [3.8, 4) is 5.95 Å². The Hall–Kier alpha value is -1.61. The molecule has 0 amide bonds. The van der Waals surface area contributed by atoms with Crippen LogP contribution in [-0.4, -0.2) is 18.3 Å². The van der Waals surface area contributed by atoms with Gasteiger partial charge in [0.25, 0.3) is 0 Å². The Balaban J connectivity index is 3.00. The molecule has 0 aliphatic rings. The van der Waals surface area contributed by atoms with Crippen LogP contribution in [0.25, 0.3) is 0 Å². The summed E-state index contributed by atoms with van der Waals surface area (Å²) < 4.78 is 9.16. The Kier molecular flexibility index (Phi) is 1.82. The third-order valence-electron chi connectivity index (χ3n) is 0.871. The van der Waals surface area contributed by atoms with Crippen LogP contribution in [0.3, 0.4) is 0 Å². The molecule has 0 fully saturated rings. The SMILES string of the molecule is COc1oncc1N=C=O. The minimum absolute atomic E-state index is 0.114. The number of ether oxygens (including phenoxy) is 1. The smallest absolute Gasteiger partial charge is 0.338 e. The molecule has 0 radical (unpaired) electrons. The summed E-state index contributed by atoms with van der Waals surface area (Å²) in [5, 5.41) is 3.34. The molecule has 1 heterocycles. The third-order valence-corrected chi connectivity index (χ3v) is 0.871. The van der Waals surface area contributed by atoms with E-state index < -0.39 is 0 Å². The van der Waals surface area contributed by atoms with Crippen LogP contribution in [0.15, 0.2) is 15.7 Å². The fourth-order valence-corrected chi connectivity index (χ4v) is 0.489. The van der Waals surface area contributed by atoms with Gasteiger partial charge in [-0.25, -0.2) is 4.79 Å². The van der Waals surface area contributed by atoms with E-state index in [1.165, 1.54) is 19.4 Å². The molecule has 52 valence electrons. The van der Waals surface area contributed by atoms with Crippen molar-refractivity contribution in [2.45, 2.75) is 0 Å². The lowest BCUT2D eigenvalue weighted by atomic mass is 10.6. The van der Waals surface area contributed by atoms with Gasteiger partial charge in [0.05, 0.1) is 7.11 Å². The average molecular weight is 140 g/mol. The van der Waals surface area contributed by atoms with E-state index in [1.54, 1.807) is 0 Å². The molecule has 0 unspecified atom stereocenters. The Morgan fingerprint density at radius 3 is 3.30 bits per heavy atom. The summed E-state index contributed by atoms with van der Waals surface area (Å²) in [5.74, 6) is 0.114. The van der Waals surface area contributed by atoms with Gasteiger partial charge in [-0.1, -0.05) is 5.16 Å².